The van der Waals surface area contributed by atoms with E-state index in [0.29, 0.717) is 17.6 Å². The van der Waals surface area contributed by atoms with E-state index >= 15 is 0 Å². The minimum atomic E-state index is 0.551. The van der Waals surface area contributed by atoms with Crippen molar-refractivity contribution in [2.45, 2.75) is 0 Å². The van der Waals surface area contributed by atoms with E-state index in [1.54, 1.807) is 11.3 Å². The summed E-state index contributed by atoms with van der Waals surface area (Å²) in [4.78, 5) is 16.4. The average Bonchev–Trinajstić information content (AvgIpc) is 4.18. The highest BCUT2D eigenvalue weighted by Crippen LogP contribution is 2.44. The Morgan fingerprint density at radius 3 is 1.53 bits per heavy atom. The van der Waals surface area contributed by atoms with Gasteiger partial charge >= 0.3 is 0 Å². The van der Waals surface area contributed by atoms with Crippen molar-refractivity contribution in [3.8, 4) is 51.2 Å². The molecular weight excluding hydrogens is 873 g/mol. The number of hydrogen-bond donors (Lipinski definition) is 0. The van der Waals surface area contributed by atoms with Gasteiger partial charge in [0, 0.05) is 75.0 Å². The SMILES string of the molecule is c1ccc(-c2ccc(-n3c4ccccc4c4ccc5c6cc(-n7c8ccccc8c8ccccc87)ccc6n(-c6nc(-c7ccccc7)nc(-c7cccc8c7sc7ccccc78)n6)c5c43)cc2)cc1. The van der Waals surface area contributed by atoms with E-state index in [9.17, 15) is 0 Å². The lowest BCUT2D eigenvalue weighted by Crippen LogP contribution is -2.07. The Bertz CT molecular complexity index is 4530. The summed E-state index contributed by atoms with van der Waals surface area (Å²) in [7, 11) is 0. The molecule has 10 aromatic carbocycles. The van der Waals surface area contributed by atoms with Crippen molar-refractivity contribution >= 4 is 96.9 Å². The Kier molecular flexibility index (Phi) is 8.43. The van der Waals surface area contributed by atoms with E-state index < -0.39 is 0 Å². The second-order valence-electron chi connectivity index (χ2n) is 18.0. The summed E-state index contributed by atoms with van der Waals surface area (Å²) in [5.74, 6) is 1.79. The van der Waals surface area contributed by atoms with Crippen LogP contribution in [0.15, 0.2) is 231 Å². The molecule has 0 saturated carbocycles. The van der Waals surface area contributed by atoms with Crippen LogP contribution in [0.5, 0.6) is 0 Å². The molecule has 0 saturated heterocycles. The molecular formula is C63H38N6S. The number of aromatic nitrogens is 6. The molecule has 0 unspecified atom stereocenters. The molecule has 5 heterocycles. The van der Waals surface area contributed by atoms with Gasteiger partial charge in [-0.2, -0.15) is 9.97 Å². The number of hydrogen-bond acceptors (Lipinski definition) is 4. The molecule has 6 nitrogen and oxygen atoms in total. The van der Waals surface area contributed by atoms with Gasteiger partial charge in [0.1, 0.15) is 0 Å². The van der Waals surface area contributed by atoms with Gasteiger partial charge in [0.25, 0.3) is 0 Å². The molecule has 70 heavy (non-hydrogen) atoms. The number of rotatable bonds is 6. The summed E-state index contributed by atoms with van der Waals surface area (Å²) in [6.45, 7) is 0. The zero-order valence-corrected chi connectivity index (χ0v) is 38.3. The number of nitrogens with zero attached hydrogens (tertiary/aromatic N) is 6. The van der Waals surface area contributed by atoms with Crippen LogP contribution in [0.3, 0.4) is 0 Å². The maximum Gasteiger partial charge on any atom is 0.238 e. The molecule has 0 spiro atoms. The minimum Gasteiger partial charge on any atom is -0.309 e. The van der Waals surface area contributed by atoms with Crippen LogP contribution in [0, 0.1) is 0 Å². The van der Waals surface area contributed by atoms with Crippen molar-refractivity contribution < 1.29 is 0 Å². The molecule has 0 amide bonds. The van der Waals surface area contributed by atoms with Gasteiger partial charge in [-0.3, -0.25) is 4.57 Å². The Balaban J connectivity index is 1.08. The van der Waals surface area contributed by atoms with Gasteiger partial charge in [-0.05, 0) is 71.8 Å². The smallest absolute Gasteiger partial charge is 0.238 e. The van der Waals surface area contributed by atoms with E-state index in [2.05, 4.69) is 226 Å². The van der Waals surface area contributed by atoms with Gasteiger partial charge in [-0.1, -0.05) is 170 Å². The Hall–Kier alpha value is -9.17. The second kappa shape index (κ2) is 15.2. The zero-order valence-electron chi connectivity index (χ0n) is 37.5. The molecule has 0 bridgehead atoms. The third-order valence-electron chi connectivity index (χ3n) is 14.1. The molecule has 15 aromatic rings. The summed E-state index contributed by atoms with van der Waals surface area (Å²) in [5.41, 5.74) is 13.0. The molecule has 0 radical (unpaired) electrons. The van der Waals surface area contributed by atoms with Crippen molar-refractivity contribution in [3.05, 3.63) is 231 Å². The predicted molar refractivity (Wildman–Crippen MR) is 292 cm³/mol. The predicted octanol–water partition coefficient (Wildman–Crippen LogP) is 16.5. The van der Waals surface area contributed by atoms with Crippen molar-refractivity contribution in [2.24, 2.45) is 0 Å². The maximum absolute atomic E-state index is 5.59. The molecule has 7 heteroatoms. The highest BCUT2D eigenvalue weighted by molar-refractivity contribution is 7.26. The molecule has 0 aliphatic carbocycles. The fourth-order valence-electron chi connectivity index (χ4n) is 11.0. The minimum absolute atomic E-state index is 0.551. The average molecular weight is 911 g/mol. The number of fused-ring (bicyclic) bond motifs is 13. The van der Waals surface area contributed by atoms with Crippen LogP contribution >= 0.6 is 11.3 Å². The highest BCUT2D eigenvalue weighted by atomic mass is 32.1. The molecule has 0 N–H and O–H groups in total. The van der Waals surface area contributed by atoms with E-state index in [4.69, 9.17) is 15.0 Å². The molecule has 0 aliphatic heterocycles. The third kappa shape index (κ3) is 5.76. The summed E-state index contributed by atoms with van der Waals surface area (Å²) in [6, 6.07) is 82.6. The normalized spacial score (nSPS) is 12.0. The third-order valence-corrected chi connectivity index (χ3v) is 15.3. The Labute approximate surface area is 405 Å². The van der Waals surface area contributed by atoms with Gasteiger partial charge in [-0.25, -0.2) is 4.98 Å². The Morgan fingerprint density at radius 2 is 0.814 bits per heavy atom. The van der Waals surface area contributed by atoms with Crippen LogP contribution in [0.25, 0.3) is 137 Å². The summed E-state index contributed by atoms with van der Waals surface area (Å²) >= 11 is 1.79. The molecule has 326 valence electrons. The van der Waals surface area contributed by atoms with Gasteiger partial charge < -0.3 is 9.13 Å². The van der Waals surface area contributed by atoms with Crippen molar-refractivity contribution in [1.82, 2.24) is 28.7 Å². The Morgan fingerprint density at radius 1 is 0.300 bits per heavy atom. The molecule has 0 fully saturated rings. The van der Waals surface area contributed by atoms with Gasteiger partial charge in [0.2, 0.25) is 5.95 Å². The quantitative estimate of drug-likeness (QED) is 0.167. The maximum atomic E-state index is 5.59. The highest BCUT2D eigenvalue weighted by Gasteiger charge is 2.25. The van der Waals surface area contributed by atoms with Crippen LogP contribution in [0.2, 0.25) is 0 Å². The summed E-state index contributed by atoms with van der Waals surface area (Å²) in [5, 5.41) is 9.40. The number of thiophene rings is 1. The molecule has 0 atom stereocenters. The van der Waals surface area contributed by atoms with Gasteiger partial charge in [0.05, 0.1) is 33.1 Å². The van der Waals surface area contributed by atoms with Gasteiger partial charge in [-0.15, -0.1) is 11.3 Å². The summed E-state index contributed by atoms with van der Waals surface area (Å²) in [6.07, 6.45) is 0. The fourth-order valence-corrected chi connectivity index (χ4v) is 12.2. The first-order valence-electron chi connectivity index (χ1n) is 23.6. The molecule has 15 rings (SSSR count). The fraction of sp³-hybridized carbons (Fsp3) is 0. The lowest BCUT2D eigenvalue weighted by Gasteiger charge is -2.14. The van der Waals surface area contributed by atoms with Crippen LogP contribution < -0.4 is 0 Å². The monoisotopic (exact) mass is 910 g/mol. The lowest BCUT2D eigenvalue weighted by atomic mass is 10.1. The van der Waals surface area contributed by atoms with E-state index in [1.807, 2.05) is 18.2 Å². The van der Waals surface area contributed by atoms with Gasteiger partial charge in [0.15, 0.2) is 11.6 Å². The molecule has 5 aromatic heterocycles. The standard InChI is InChI=1S/C63H38N6S/c1-3-16-39(17-4-1)40-30-32-42(33-31-40)68-55-28-13-9-22-46(55)48-35-36-49-52-38-43(67-53-26-11-7-20-44(53)45-21-8-12-27-54(45)67)34-37-56(52)69(59(49)58(48)68)63-65-61(41-18-5-2-6-19-41)64-62(66-63)51-25-15-24-50-47-23-10-14-29-57(47)70-60(50)51/h1-38H. The van der Waals surface area contributed by atoms with Crippen molar-refractivity contribution in [2.75, 3.05) is 0 Å². The van der Waals surface area contributed by atoms with Crippen molar-refractivity contribution in [1.29, 1.82) is 0 Å². The first-order chi connectivity index (χ1) is 34.7. The van der Waals surface area contributed by atoms with Crippen LogP contribution in [-0.2, 0) is 0 Å². The zero-order chi connectivity index (χ0) is 45.9. The number of para-hydroxylation sites is 3. The lowest BCUT2D eigenvalue weighted by molar-refractivity contribution is 0.954. The molecule has 0 aliphatic rings. The van der Waals surface area contributed by atoms with Crippen LogP contribution in [0.1, 0.15) is 0 Å². The number of benzene rings is 10. The van der Waals surface area contributed by atoms with E-state index in [-0.39, 0.29) is 0 Å². The second-order valence-corrected chi connectivity index (χ2v) is 19.0. The van der Waals surface area contributed by atoms with Crippen LogP contribution in [-0.4, -0.2) is 28.7 Å². The van der Waals surface area contributed by atoms with Crippen molar-refractivity contribution in [3.63, 3.8) is 0 Å². The first kappa shape index (κ1) is 38.9. The topological polar surface area (TPSA) is 53.5 Å². The van der Waals surface area contributed by atoms with Crippen LogP contribution in [0.4, 0.5) is 0 Å². The first-order valence-corrected chi connectivity index (χ1v) is 24.4. The van der Waals surface area contributed by atoms with E-state index in [1.165, 1.54) is 53.8 Å². The van der Waals surface area contributed by atoms with E-state index in [0.717, 1.165) is 65.4 Å². The largest absolute Gasteiger partial charge is 0.309 e. The summed E-state index contributed by atoms with van der Waals surface area (Å²) < 4.78 is 9.52.